The molecule has 6 nitrogen and oxygen atoms in total. The van der Waals surface area contributed by atoms with E-state index in [-0.39, 0.29) is 34.0 Å². The van der Waals surface area contributed by atoms with Crippen molar-refractivity contribution in [2.24, 2.45) is 0 Å². The Balaban J connectivity index is 1.50. The molecule has 2 atom stereocenters. The number of rotatable bonds is 6. The van der Waals surface area contributed by atoms with Crippen LogP contribution in [0.2, 0.25) is 10.2 Å². The van der Waals surface area contributed by atoms with Crippen molar-refractivity contribution in [1.29, 1.82) is 0 Å². The van der Waals surface area contributed by atoms with Gasteiger partial charge in [0.15, 0.2) is 0 Å². The number of nitrogens with zero attached hydrogens (tertiary/aromatic N) is 3. The molecule has 0 radical (unpaired) electrons. The van der Waals surface area contributed by atoms with E-state index in [2.05, 4.69) is 20.7 Å². The first-order valence-corrected chi connectivity index (χ1v) is 11.5. The summed E-state index contributed by atoms with van der Waals surface area (Å²) in [6.45, 7) is -0.731. The molecule has 0 aliphatic heterocycles. The van der Waals surface area contributed by atoms with Crippen LogP contribution in [0, 0.1) is 0 Å². The second kappa shape index (κ2) is 10.1. The van der Waals surface area contributed by atoms with Gasteiger partial charge in [0.05, 0.1) is 17.3 Å². The van der Waals surface area contributed by atoms with Crippen molar-refractivity contribution in [3.05, 3.63) is 51.9 Å². The van der Waals surface area contributed by atoms with Crippen LogP contribution in [0.3, 0.4) is 0 Å². The minimum Gasteiger partial charge on any atom is -0.382 e. The number of benzene rings is 1. The minimum absolute atomic E-state index is 0.0213. The first kappa shape index (κ1) is 25.4. The summed E-state index contributed by atoms with van der Waals surface area (Å²) in [5.41, 5.74) is -0.640. The maximum Gasteiger partial charge on any atom is 0.433 e. The molecule has 1 aliphatic carbocycles. The van der Waals surface area contributed by atoms with Crippen LogP contribution in [-0.2, 0) is 12.7 Å². The largest absolute Gasteiger partial charge is 0.433 e. The molecule has 2 N–H and O–H groups in total. The zero-order valence-corrected chi connectivity index (χ0v) is 19.6. The predicted octanol–water partition coefficient (Wildman–Crippen LogP) is 6.18. The number of anilines is 1. The first-order valence-electron chi connectivity index (χ1n) is 10.8. The van der Waals surface area contributed by atoms with E-state index in [1.54, 1.807) is 6.07 Å². The van der Waals surface area contributed by atoms with E-state index >= 15 is 0 Å². The zero-order chi connectivity index (χ0) is 25.3. The van der Waals surface area contributed by atoms with Crippen LogP contribution >= 0.6 is 23.2 Å². The van der Waals surface area contributed by atoms with Crippen LogP contribution in [0.4, 0.5) is 27.6 Å². The number of aromatic nitrogens is 3. The summed E-state index contributed by atoms with van der Waals surface area (Å²) in [5.74, 6) is -0.554. The molecule has 1 amide bonds. The summed E-state index contributed by atoms with van der Waals surface area (Å²) in [6, 6.07) is 4.87. The van der Waals surface area contributed by atoms with Gasteiger partial charge < -0.3 is 10.6 Å². The molecule has 2 aromatic heterocycles. The molecule has 1 aromatic carbocycles. The van der Waals surface area contributed by atoms with Gasteiger partial charge >= 0.3 is 6.18 Å². The molecule has 3 aromatic rings. The molecular formula is C22H20Cl2F5N5O. The van der Waals surface area contributed by atoms with Gasteiger partial charge in [-0.05, 0) is 49.9 Å². The van der Waals surface area contributed by atoms with Crippen LogP contribution in [0.25, 0.3) is 10.9 Å². The SMILES string of the molecule is O=C(N[C@@H]1CCC[C@H](Nc2cc(C(F)(F)F)nc3ccc(Cl)cc23)C1)c1cnn(CC(F)F)c1Cl. The van der Waals surface area contributed by atoms with Crippen LogP contribution in [0.5, 0.6) is 0 Å². The smallest absolute Gasteiger partial charge is 0.382 e. The van der Waals surface area contributed by atoms with Gasteiger partial charge in [-0.25, -0.2) is 18.4 Å². The molecule has 1 saturated carbocycles. The summed E-state index contributed by atoms with van der Waals surface area (Å²) in [6.07, 6.45) is -3.72. The van der Waals surface area contributed by atoms with Crippen molar-refractivity contribution in [2.75, 3.05) is 5.32 Å². The standard InChI is InChI=1S/C22H20Cl2F5N5O/c23-11-4-5-16-14(6-11)17(8-18(33-16)22(27,28)29)31-12-2-1-3-13(7-12)32-21(35)15-9-30-34(20(15)24)10-19(25)26/h4-6,8-9,12-13,19H,1-3,7,10H2,(H,31,33)(H,32,35)/t12-,13+/m0/s1. The monoisotopic (exact) mass is 535 g/mol. The Hall–Kier alpha value is -2.66. The molecule has 4 rings (SSSR count). The molecule has 35 heavy (non-hydrogen) atoms. The first-order chi connectivity index (χ1) is 16.5. The van der Waals surface area contributed by atoms with Crippen molar-refractivity contribution in [3.8, 4) is 0 Å². The van der Waals surface area contributed by atoms with Crippen molar-refractivity contribution in [2.45, 2.75) is 56.9 Å². The third kappa shape index (κ3) is 5.95. The van der Waals surface area contributed by atoms with Crippen LogP contribution in [0.1, 0.15) is 41.7 Å². The third-order valence-electron chi connectivity index (χ3n) is 5.76. The van der Waals surface area contributed by atoms with E-state index in [1.807, 2.05) is 0 Å². The van der Waals surface area contributed by atoms with E-state index in [1.165, 1.54) is 12.1 Å². The van der Waals surface area contributed by atoms with Gasteiger partial charge in [-0.3, -0.25) is 4.79 Å². The highest BCUT2D eigenvalue weighted by Gasteiger charge is 2.34. The third-order valence-corrected chi connectivity index (χ3v) is 6.39. The molecule has 0 saturated heterocycles. The van der Waals surface area contributed by atoms with Gasteiger partial charge in [0.25, 0.3) is 12.3 Å². The Morgan fingerprint density at radius 3 is 2.63 bits per heavy atom. The molecule has 0 bridgehead atoms. The highest BCUT2D eigenvalue weighted by atomic mass is 35.5. The second-order valence-corrected chi connectivity index (χ2v) is 9.11. The van der Waals surface area contributed by atoms with E-state index in [9.17, 15) is 26.7 Å². The number of amides is 1. The van der Waals surface area contributed by atoms with E-state index in [4.69, 9.17) is 23.2 Å². The molecule has 2 heterocycles. The van der Waals surface area contributed by atoms with E-state index in [0.29, 0.717) is 36.1 Å². The number of hydrogen-bond acceptors (Lipinski definition) is 4. The highest BCUT2D eigenvalue weighted by Crippen LogP contribution is 2.35. The van der Waals surface area contributed by atoms with Gasteiger partial charge in [0.1, 0.15) is 17.4 Å². The normalized spacial score (nSPS) is 18.7. The van der Waals surface area contributed by atoms with E-state index in [0.717, 1.165) is 16.9 Å². The Kier molecular flexibility index (Phi) is 7.37. The molecule has 188 valence electrons. The summed E-state index contributed by atoms with van der Waals surface area (Å²) in [4.78, 5) is 16.4. The number of halogens is 7. The van der Waals surface area contributed by atoms with Crippen molar-refractivity contribution in [3.63, 3.8) is 0 Å². The molecule has 13 heteroatoms. The lowest BCUT2D eigenvalue weighted by Gasteiger charge is -2.31. The highest BCUT2D eigenvalue weighted by molar-refractivity contribution is 6.33. The van der Waals surface area contributed by atoms with Crippen molar-refractivity contribution in [1.82, 2.24) is 20.1 Å². The molecule has 1 fully saturated rings. The van der Waals surface area contributed by atoms with Crippen molar-refractivity contribution >= 4 is 45.7 Å². The summed E-state index contributed by atoms with van der Waals surface area (Å²) in [7, 11) is 0. The average Bonchev–Trinajstić information content (AvgIpc) is 3.13. The fraction of sp³-hybridized carbons (Fsp3) is 0.409. The van der Waals surface area contributed by atoms with Crippen LogP contribution < -0.4 is 10.6 Å². The lowest BCUT2D eigenvalue weighted by Crippen LogP contribution is -2.41. The van der Waals surface area contributed by atoms with Gasteiger partial charge in [-0.15, -0.1) is 0 Å². The maximum atomic E-state index is 13.4. The quantitative estimate of drug-likeness (QED) is 0.370. The maximum absolute atomic E-state index is 13.4. The summed E-state index contributed by atoms with van der Waals surface area (Å²) >= 11 is 12.1. The van der Waals surface area contributed by atoms with Crippen LogP contribution in [0.15, 0.2) is 30.5 Å². The molecular weight excluding hydrogens is 516 g/mol. The lowest BCUT2D eigenvalue weighted by molar-refractivity contribution is -0.140. The fourth-order valence-corrected chi connectivity index (χ4v) is 4.60. The number of hydrogen-bond donors (Lipinski definition) is 2. The zero-order valence-electron chi connectivity index (χ0n) is 18.0. The van der Waals surface area contributed by atoms with Crippen molar-refractivity contribution < 1.29 is 26.7 Å². The topological polar surface area (TPSA) is 71.8 Å². The summed E-state index contributed by atoms with van der Waals surface area (Å²) < 4.78 is 66.3. The number of carbonyl (C=O) groups excluding carboxylic acids is 1. The number of carbonyl (C=O) groups is 1. The van der Waals surface area contributed by atoms with Gasteiger partial charge in [-0.1, -0.05) is 23.2 Å². The average molecular weight is 536 g/mol. The molecule has 0 spiro atoms. The Morgan fingerprint density at radius 1 is 1.17 bits per heavy atom. The van der Waals surface area contributed by atoms with Gasteiger partial charge in [-0.2, -0.15) is 18.3 Å². The molecule has 0 unspecified atom stereocenters. The van der Waals surface area contributed by atoms with E-state index < -0.39 is 30.7 Å². The number of fused-ring (bicyclic) bond motifs is 1. The van der Waals surface area contributed by atoms with Gasteiger partial charge in [0.2, 0.25) is 0 Å². The van der Waals surface area contributed by atoms with Crippen LogP contribution in [-0.4, -0.2) is 39.2 Å². The Labute approximate surface area is 206 Å². The number of alkyl halides is 5. The number of pyridine rings is 1. The Morgan fingerprint density at radius 2 is 1.91 bits per heavy atom. The molecule has 1 aliphatic rings. The Bertz CT molecular complexity index is 1230. The second-order valence-electron chi connectivity index (χ2n) is 8.31. The predicted molar refractivity (Wildman–Crippen MR) is 122 cm³/mol. The lowest BCUT2D eigenvalue weighted by atomic mass is 9.90. The minimum atomic E-state index is -4.62. The number of nitrogens with one attached hydrogen (secondary N) is 2. The fourth-order valence-electron chi connectivity index (χ4n) is 4.18. The summed E-state index contributed by atoms with van der Waals surface area (Å²) in [5, 5.41) is 10.3. The van der Waals surface area contributed by atoms with Gasteiger partial charge in [0, 0.05) is 28.2 Å².